The predicted molar refractivity (Wildman–Crippen MR) is 61.2 cm³/mol. The SMILES string of the molecule is COc1ccc(C(C)O)c(OCC(O)C(F)(F)F)c1. The van der Waals surface area contributed by atoms with E-state index in [1.165, 1.54) is 26.2 Å². The van der Waals surface area contributed by atoms with Gasteiger partial charge in [-0.15, -0.1) is 0 Å². The average Bonchev–Trinajstić information content (AvgIpc) is 2.33. The number of alkyl halides is 3. The number of benzene rings is 1. The fourth-order valence-corrected chi connectivity index (χ4v) is 1.38. The van der Waals surface area contributed by atoms with Crippen LogP contribution in [0.2, 0.25) is 0 Å². The number of rotatable bonds is 5. The van der Waals surface area contributed by atoms with E-state index in [0.717, 1.165) is 0 Å². The highest BCUT2D eigenvalue weighted by molar-refractivity contribution is 5.41. The van der Waals surface area contributed by atoms with Crippen LogP contribution in [-0.4, -0.2) is 36.2 Å². The summed E-state index contributed by atoms with van der Waals surface area (Å²) >= 11 is 0. The van der Waals surface area contributed by atoms with Crippen LogP contribution in [0.5, 0.6) is 11.5 Å². The maximum absolute atomic E-state index is 12.2. The first-order chi connectivity index (χ1) is 8.75. The lowest BCUT2D eigenvalue weighted by Gasteiger charge is -2.18. The Morgan fingerprint density at radius 3 is 2.37 bits per heavy atom. The second-order valence-corrected chi connectivity index (χ2v) is 3.95. The van der Waals surface area contributed by atoms with Crippen molar-refractivity contribution in [1.82, 2.24) is 0 Å². The van der Waals surface area contributed by atoms with Crippen molar-refractivity contribution in [2.45, 2.75) is 25.3 Å². The van der Waals surface area contributed by atoms with E-state index in [1.54, 1.807) is 6.07 Å². The maximum atomic E-state index is 12.2. The average molecular weight is 280 g/mol. The highest BCUT2D eigenvalue weighted by Crippen LogP contribution is 2.30. The van der Waals surface area contributed by atoms with Gasteiger partial charge in [-0.2, -0.15) is 13.2 Å². The number of ether oxygens (including phenoxy) is 2. The molecule has 1 aromatic rings. The van der Waals surface area contributed by atoms with Crippen LogP contribution in [0.1, 0.15) is 18.6 Å². The third-order valence-electron chi connectivity index (χ3n) is 2.45. The number of hydrogen-bond acceptors (Lipinski definition) is 4. The summed E-state index contributed by atoms with van der Waals surface area (Å²) in [7, 11) is 1.39. The Kier molecular flexibility index (Phi) is 5.02. The number of aliphatic hydroxyl groups excluding tert-OH is 2. The van der Waals surface area contributed by atoms with E-state index in [-0.39, 0.29) is 5.75 Å². The summed E-state index contributed by atoms with van der Waals surface area (Å²) in [5, 5.41) is 18.3. The molecule has 108 valence electrons. The second kappa shape index (κ2) is 6.12. The van der Waals surface area contributed by atoms with Crippen molar-refractivity contribution in [2.75, 3.05) is 13.7 Å². The molecule has 0 aliphatic carbocycles. The maximum Gasteiger partial charge on any atom is 0.417 e. The Morgan fingerprint density at radius 1 is 1.26 bits per heavy atom. The lowest BCUT2D eigenvalue weighted by molar-refractivity contribution is -0.210. The van der Waals surface area contributed by atoms with E-state index in [0.29, 0.717) is 11.3 Å². The summed E-state index contributed by atoms with van der Waals surface area (Å²) in [6.45, 7) is 0.505. The summed E-state index contributed by atoms with van der Waals surface area (Å²) in [6.07, 6.45) is -8.24. The van der Waals surface area contributed by atoms with Crippen molar-refractivity contribution in [2.24, 2.45) is 0 Å². The Balaban J connectivity index is 2.86. The minimum Gasteiger partial charge on any atom is -0.497 e. The Bertz CT molecular complexity index is 418. The van der Waals surface area contributed by atoms with Crippen LogP contribution >= 0.6 is 0 Å². The molecule has 0 amide bonds. The molecule has 0 saturated carbocycles. The Hall–Kier alpha value is -1.47. The monoisotopic (exact) mass is 280 g/mol. The molecule has 19 heavy (non-hydrogen) atoms. The first-order valence-electron chi connectivity index (χ1n) is 5.49. The fourth-order valence-electron chi connectivity index (χ4n) is 1.38. The van der Waals surface area contributed by atoms with Crippen LogP contribution in [0.4, 0.5) is 13.2 Å². The summed E-state index contributed by atoms with van der Waals surface area (Å²) in [5.41, 5.74) is 0.315. The number of halogens is 3. The molecule has 2 N–H and O–H groups in total. The molecule has 0 aliphatic rings. The Morgan fingerprint density at radius 2 is 1.89 bits per heavy atom. The van der Waals surface area contributed by atoms with Gasteiger partial charge in [0, 0.05) is 11.6 Å². The van der Waals surface area contributed by atoms with Crippen LogP contribution in [0.15, 0.2) is 18.2 Å². The second-order valence-electron chi connectivity index (χ2n) is 3.95. The molecular weight excluding hydrogens is 265 g/mol. The Labute approximate surface area is 108 Å². The molecule has 0 bridgehead atoms. The molecule has 4 nitrogen and oxygen atoms in total. The minimum absolute atomic E-state index is 0.0395. The largest absolute Gasteiger partial charge is 0.497 e. The van der Waals surface area contributed by atoms with Gasteiger partial charge in [0.15, 0.2) is 6.10 Å². The van der Waals surface area contributed by atoms with Gasteiger partial charge in [-0.3, -0.25) is 0 Å². The van der Waals surface area contributed by atoms with E-state index in [9.17, 15) is 18.3 Å². The van der Waals surface area contributed by atoms with Crippen LogP contribution in [-0.2, 0) is 0 Å². The van der Waals surface area contributed by atoms with E-state index in [2.05, 4.69) is 0 Å². The van der Waals surface area contributed by atoms with Gasteiger partial charge in [0.05, 0.1) is 13.2 Å². The smallest absolute Gasteiger partial charge is 0.417 e. The molecule has 0 aliphatic heterocycles. The molecular formula is C12H15F3O4. The van der Waals surface area contributed by atoms with Gasteiger partial charge >= 0.3 is 6.18 Å². The summed E-state index contributed by atoms with van der Waals surface area (Å²) in [6, 6.07) is 4.39. The standard InChI is InChI=1S/C12H15F3O4/c1-7(16)9-4-3-8(18-2)5-10(9)19-6-11(17)12(13,14)15/h3-5,7,11,16-17H,6H2,1-2H3. The number of aliphatic hydroxyl groups is 2. The van der Waals surface area contributed by atoms with Crippen molar-refractivity contribution in [3.63, 3.8) is 0 Å². The highest BCUT2D eigenvalue weighted by atomic mass is 19.4. The quantitative estimate of drug-likeness (QED) is 0.866. The number of methoxy groups -OCH3 is 1. The minimum atomic E-state index is -4.75. The van der Waals surface area contributed by atoms with E-state index in [4.69, 9.17) is 14.6 Å². The third-order valence-corrected chi connectivity index (χ3v) is 2.45. The molecule has 1 aromatic carbocycles. The molecule has 0 radical (unpaired) electrons. The third kappa shape index (κ3) is 4.29. The van der Waals surface area contributed by atoms with Gasteiger partial charge in [-0.1, -0.05) is 0 Å². The first kappa shape index (κ1) is 15.6. The first-order valence-corrected chi connectivity index (χ1v) is 5.49. The van der Waals surface area contributed by atoms with Crippen LogP contribution < -0.4 is 9.47 Å². The molecule has 2 atom stereocenters. The summed E-state index contributed by atoms with van der Waals surface area (Å²) in [4.78, 5) is 0. The molecule has 0 spiro atoms. The molecule has 0 fully saturated rings. The summed E-state index contributed by atoms with van der Waals surface area (Å²) in [5.74, 6) is 0.415. The molecule has 1 rings (SSSR count). The summed E-state index contributed by atoms with van der Waals surface area (Å²) < 4.78 is 46.3. The fraction of sp³-hybridized carbons (Fsp3) is 0.500. The van der Waals surface area contributed by atoms with Gasteiger partial charge in [-0.25, -0.2) is 0 Å². The lowest BCUT2D eigenvalue weighted by Crippen LogP contribution is -2.34. The van der Waals surface area contributed by atoms with Gasteiger partial charge in [0.25, 0.3) is 0 Å². The van der Waals surface area contributed by atoms with Crippen molar-refractivity contribution in [3.05, 3.63) is 23.8 Å². The molecule has 0 heterocycles. The normalized spacial score (nSPS) is 14.9. The van der Waals surface area contributed by atoms with Crippen molar-refractivity contribution in [1.29, 1.82) is 0 Å². The predicted octanol–water partition coefficient (Wildman–Crippen LogP) is 2.05. The number of hydrogen-bond donors (Lipinski definition) is 2. The highest BCUT2D eigenvalue weighted by Gasteiger charge is 2.38. The van der Waals surface area contributed by atoms with Crippen molar-refractivity contribution in [3.8, 4) is 11.5 Å². The van der Waals surface area contributed by atoms with Gasteiger partial charge in [0.2, 0.25) is 0 Å². The molecule has 0 aromatic heterocycles. The van der Waals surface area contributed by atoms with E-state index in [1.807, 2.05) is 0 Å². The van der Waals surface area contributed by atoms with Crippen LogP contribution in [0.25, 0.3) is 0 Å². The van der Waals surface area contributed by atoms with Crippen LogP contribution in [0.3, 0.4) is 0 Å². The zero-order chi connectivity index (χ0) is 14.6. The topological polar surface area (TPSA) is 58.9 Å². The molecule has 2 unspecified atom stereocenters. The van der Waals surface area contributed by atoms with Gasteiger partial charge < -0.3 is 19.7 Å². The lowest BCUT2D eigenvalue weighted by atomic mass is 10.1. The van der Waals surface area contributed by atoms with E-state index < -0.39 is 25.0 Å². The van der Waals surface area contributed by atoms with Crippen LogP contribution in [0, 0.1) is 0 Å². The molecule has 0 saturated heterocycles. The zero-order valence-electron chi connectivity index (χ0n) is 10.4. The zero-order valence-corrected chi connectivity index (χ0v) is 10.4. The van der Waals surface area contributed by atoms with Crippen molar-refractivity contribution >= 4 is 0 Å². The van der Waals surface area contributed by atoms with Gasteiger partial charge in [-0.05, 0) is 19.1 Å². The van der Waals surface area contributed by atoms with E-state index >= 15 is 0 Å². The van der Waals surface area contributed by atoms with Gasteiger partial charge in [0.1, 0.15) is 18.1 Å². The van der Waals surface area contributed by atoms with Crippen molar-refractivity contribution < 1.29 is 32.9 Å². The molecule has 7 heteroatoms.